The van der Waals surface area contributed by atoms with E-state index < -0.39 is 0 Å². The van der Waals surface area contributed by atoms with E-state index in [1.54, 1.807) is 13.1 Å². The molecule has 0 amide bonds. The first kappa shape index (κ1) is 13.3. The Kier molecular flexibility index (Phi) is 3.20. The van der Waals surface area contributed by atoms with Gasteiger partial charge < -0.3 is 15.8 Å². The van der Waals surface area contributed by atoms with Gasteiger partial charge >= 0.3 is 0 Å². The number of anilines is 1. The first-order chi connectivity index (χ1) is 10.1. The van der Waals surface area contributed by atoms with Crippen molar-refractivity contribution in [3.05, 3.63) is 23.3 Å². The van der Waals surface area contributed by atoms with Crippen LogP contribution in [0.4, 0.5) is 5.95 Å². The summed E-state index contributed by atoms with van der Waals surface area (Å²) in [6, 6.07) is 0. The number of fused-ring (bicyclic) bond motifs is 1. The molecule has 0 fully saturated rings. The van der Waals surface area contributed by atoms with Crippen LogP contribution in [0.25, 0.3) is 11.0 Å². The first-order valence-corrected chi connectivity index (χ1v) is 6.71. The Labute approximate surface area is 121 Å². The summed E-state index contributed by atoms with van der Waals surface area (Å²) in [4.78, 5) is 8.74. The van der Waals surface area contributed by atoms with E-state index in [-0.39, 0.29) is 5.90 Å². The lowest BCUT2D eigenvalue weighted by atomic mass is 10.3. The first-order valence-electron chi connectivity index (χ1n) is 6.71. The number of nitrogens with two attached hydrogens (primary N) is 1. The minimum Gasteiger partial charge on any atom is -0.476 e. The van der Waals surface area contributed by atoms with Gasteiger partial charge in [-0.2, -0.15) is 10.1 Å². The molecular weight excluding hydrogens is 270 g/mol. The van der Waals surface area contributed by atoms with E-state index in [1.165, 1.54) is 0 Å². The molecule has 1 aliphatic heterocycles. The highest BCUT2D eigenvalue weighted by molar-refractivity contribution is 5.94. The third kappa shape index (κ3) is 2.39. The van der Waals surface area contributed by atoms with Crippen molar-refractivity contribution in [1.29, 1.82) is 5.41 Å². The van der Waals surface area contributed by atoms with E-state index in [0.717, 1.165) is 23.1 Å². The number of aromatic nitrogens is 4. The second-order valence-corrected chi connectivity index (χ2v) is 4.95. The zero-order valence-electron chi connectivity index (χ0n) is 12.0. The van der Waals surface area contributed by atoms with Crippen LogP contribution in [0.15, 0.2) is 17.6 Å². The van der Waals surface area contributed by atoms with Gasteiger partial charge in [-0.25, -0.2) is 9.67 Å². The lowest BCUT2D eigenvalue weighted by molar-refractivity contribution is 0.285. The number of hydrogen-bond donors (Lipinski definition) is 3. The number of aryl methyl sites for hydroxylation is 2. The Bertz CT molecular complexity index is 742. The molecule has 8 nitrogen and oxygen atoms in total. The van der Waals surface area contributed by atoms with Crippen LogP contribution in [-0.4, -0.2) is 32.3 Å². The fourth-order valence-corrected chi connectivity index (χ4v) is 2.23. The highest BCUT2D eigenvalue weighted by Gasteiger charge is 2.16. The van der Waals surface area contributed by atoms with Gasteiger partial charge in [-0.1, -0.05) is 0 Å². The molecule has 4 N–H and O–H groups in total. The maximum absolute atomic E-state index is 7.94. The SMILES string of the molecule is C/C(N)=C1\Nc2ncc3c(C)nn(c3n2)CCCOC1=N. The van der Waals surface area contributed by atoms with Crippen LogP contribution < -0.4 is 11.1 Å². The zero-order chi connectivity index (χ0) is 15.0. The van der Waals surface area contributed by atoms with Crippen molar-refractivity contribution in [3.8, 4) is 0 Å². The molecule has 0 radical (unpaired) electrons. The van der Waals surface area contributed by atoms with E-state index in [2.05, 4.69) is 20.4 Å². The number of hydrogen-bond acceptors (Lipinski definition) is 7. The van der Waals surface area contributed by atoms with Gasteiger partial charge in [0.15, 0.2) is 5.65 Å². The maximum Gasteiger partial charge on any atom is 0.232 e. The van der Waals surface area contributed by atoms with Crippen molar-refractivity contribution in [2.45, 2.75) is 26.8 Å². The van der Waals surface area contributed by atoms with Crippen LogP contribution in [0.5, 0.6) is 0 Å². The number of ether oxygens (including phenoxy) is 1. The van der Waals surface area contributed by atoms with Crippen LogP contribution in [-0.2, 0) is 11.3 Å². The minimum atomic E-state index is -0.00517. The third-order valence-corrected chi connectivity index (χ3v) is 3.29. The van der Waals surface area contributed by atoms with Crippen molar-refractivity contribution in [2.75, 3.05) is 11.9 Å². The lowest BCUT2D eigenvalue weighted by Crippen LogP contribution is -2.20. The molecule has 3 rings (SSSR count). The molecule has 0 aliphatic carbocycles. The van der Waals surface area contributed by atoms with Gasteiger partial charge in [0.25, 0.3) is 0 Å². The molecule has 21 heavy (non-hydrogen) atoms. The summed E-state index contributed by atoms with van der Waals surface area (Å²) >= 11 is 0. The molecule has 8 heteroatoms. The molecule has 110 valence electrons. The number of nitrogens with zero attached hydrogens (tertiary/aromatic N) is 4. The number of allylic oxidation sites excluding steroid dienone is 1. The van der Waals surface area contributed by atoms with Gasteiger partial charge in [-0.3, -0.25) is 5.41 Å². The van der Waals surface area contributed by atoms with Crippen molar-refractivity contribution in [1.82, 2.24) is 19.7 Å². The summed E-state index contributed by atoms with van der Waals surface area (Å²) in [6.45, 7) is 4.73. The second kappa shape index (κ2) is 5.04. The molecule has 0 saturated carbocycles. The van der Waals surface area contributed by atoms with Gasteiger partial charge in [0, 0.05) is 24.9 Å². The molecule has 2 aromatic heterocycles. The van der Waals surface area contributed by atoms with Crippen LogP contribution >= 0.6 is 0 Å². The summed E-state index contributed by atoms with van der Waals surface area (Å²) in [7, 11) is 0. The summed E-state index contributed by atoms with van der Waals surface area (Å²) in [5.74, 6) is 0.369. The third-order valence-electron chi connectivity index (χ3n) is 3.29. The fraction of sp³-hybridized carbons (Fsp3) is 0.385. The summed E-state index contributed by atoms with van der Waals surface area (Å²) < 4.78 is 7.26. The van der Waals surface area contributed by atoms with Crippen LogP contribution in [0, 0.1) is 12.3 Å². The Morgan fingerprint density at radius 2 is 2.33 bits per heavy atom. The Morgan fingerprint density at radius 1 is 1.52 bits per heavy atom. The molecule has 3 heterocycles. The molecule has 0 saturated heterocycles. The van der Waals surface area contributed by atoms with E-state index in [9.17, 15) is 0 Å². The van der Waals surface area contributed by atoms with Crippen LogP contribution in [0.3, 0.4) is 0 Å². The average molecular weight is 287 g/mol. The predicted octanol–water partition coefficient (Wildman–Crippen LogP) is 1.13. The van der Waals surface area contributed by atoms with E-state index >= 15 is 0 Å². The van der Waals surface area contributed by atoms with Crippen molar-refractivity contribution in [2.24, 2.45) is 5.73 Å². The highest BCUT2D eigenvalue weighted by atomic mass is 16.5. The predicted molar refractivity (Wildman–Crippen MR) is 78.9 cm³/mol. The molecule has 0 spiro atoms. The zero-order valence-corrected chi connectivity index (χ0v) is 12.0. The van der Waals surface area contributed by atoms with Crippen molar-refractivity contribution in [3.63, 3.8) is 0 Å². The Hall–Kier alpha value is -2.64. The molecule has 0 aromatic carbocycles. The second-order valence-electron chi connectivity index (χ2n) is 4.95. The summed E-state index contributed by atoms with van der Waals surface area (Å²) in [5.41, 5.74) is 8.32. The van der Waals surface area contributed by atoms with Gasteiger partial charge in [0.1, 0.15) is 5.70 Å². The summed E-state index contributed by atoms with van der Waals surface area (Å²) in [5, 5.41) is 16.3. The quantitative estimate of drug-likeness (QED) is 0.669. The van der Waals surface area contributed by atoms with Crippen molar-refractivity contribution < 1.29 is 4.74 Å². The largest absolute Gasteiger partial charge is 0.476 e. The Balaban J connectivity index is 2.13. The molecule has 2 bridgehead atoms. The van der Waals surface area contributed by atoms with Crippen molar-refractivity contribution >= 4 is 22.9 Å². The van der Waals surface area contributed by atoms with Gasteiger partial charge in [-0.05, 0) is 13.8 Å². The van der Waals surface area contributed by atoms with Gasteiger partial charge in [0.05, 0.1) is 17.7 Å². The fourth-order valence-electron chi connectivity index (χ4n) is 2.23. The lowest BCUT2D eigenvalue weighted by Gasteiger charge is -2.12. The standard InChI is InChI=1S/C13H17N7O/c1-7(14)10-11(15)21-5-3-4-20-12-9(8(2)19-20)6-16-13(17-10)18-12/h6,15H,3-5,14H2,1-2H3,(H,16,17,18)/b10-7+,15-11?. The normalized spacial score (nSPS) is 18.1. The maximum atomic E-state index is 7.94. The smallest absolute Gasteiger partial charge is 0.232 e. The summed E-state index contributed by atoms with van der Waals surface area (Å²) in [6.07, 6.45) is 2.46. The van der Waals surface area contributed by atoms with Gasteiger partial charge in [-0.15, -0.1) is 0 Å². The molecule has 2 aromatic rings. The topological polar surface area (TPSA) is 115 Å². The highest BCUT2D eigenvalue weighted by Crippen LogP contribution is 2.19. The van der Waals surface area contributed by atoms with Crippen LogP contribution in [0.1, 0.15) is 19.0 Å². The van der Waals surface area contributed by atoms with Crippen LogP contribution in [0.2, 0.25) is 0 Å². The van der Waals surface area contributed by atoms with Gasteiger partial charge in [0.2, 0.25) is 11.8 Å². The monoisotopic (exact) mass is 287 g/mol. The minimum absolute atomic E-state index is 0.00517. The molecule has 1 aliphatic rings. The average Bonchev–Trinajstić information content (AvgIpc) is 2.75. The van der Waals surface area contributed by atoms with E-state index in [4.69, 9.17) is 15.9 Å². The molecule has 0 atom stereocenters. The van der Waals surface area contributed by atoms with E-state index in [1.807, 2.05) is 11.6 Å². The Morgan fingerprint density at radius 3 is 3.10 bits per heavy atom. The molecular formula is C13H17N7O. The number of rotatable bonds is 0. The number of nitrogens with one attached hydrogen (secondary N) is 2. The van der Waals surface area contributed by atoms with E-state index in [0.29, 0.717) is 30.5 Å². The molecule has 0 unspecified atom stereocenters.